The summed E-state index contributed by atoms with van der Waals surface area (Å²) in [6.07, 6.45) is -3.77. The zero-order valence-electron chi connectivity index (χ0n) is 11.6. The third kappa shape index (κ3) is 3.26. The van der Waals surface area contributed by atoms with E-state index in [0.29, 0.717) is 11.8 Å². The van der Waals surface area contributed by atoms with E-state index < -0.39 is 17.6 Å². The van der Waals surface area contributed by atoms with E-state index in [1.165, 1.54) is 6.07 Å². The van der Waals surface area contributed by atoms with Crippen molar-refractivity contribution in [1.82, 2.24) is 5.32 Å². The molecule has 1 heterocycles. The van der Waals surface area contributed by atoms with Gasteiger partial charge >= 0.3 is 6.18 Å². The van der Waals surface area contributed by atoms with Crippen LogP contribution in [0.3, 0.4) is 0 Å². The van der Waals surface area contributed by atoms with Gasteiger partial charge in [-0.15, -0.1) is 0 Å². The van der Waals surface area contributed by atoms with Crippen LogP contribution in [-0.2, 0) is 6.18 Å². The third-order valence-corrected chi connectivity index (χ3v) is 3.29. The highest BCUT2D eigenvalue weighted by molar-refractivity contribution is 5.60. The molecule has 2 rings (SSSR count). The van der Waals surface area contributed by atoms with Gasteiger partial charge < -0.3 is 9.73 Å². The minimum atomic E-state index is -4.52. The van der Waals surface area contributed by atoms with Gasteiger partial charge in [-0.25, -0.2) is 4.39 Å². The van der Waals surface area contributed by atoms with Gasteiger partial charge in [-0.1, -0.05) is 6.92 Å². The maximum Gasteiger partial charge on any atom is 0.416 e. The van der Waals surface area contributed by atoms with Gasteiger partial charge in [0.1, 0.15) is 17.3 Å². The van der Waals surface area contributed by atoms with Gasteiger partial charge in [0.15, 0.2) is 0 Å². The van der Waals surface area contributed by atoms with Crippen molar-refractivity contribution in [3.8, 4) is 11.3 Å². The standard InChI is InChI=1S/C15H15F4NO/c1-3-12(20-2)14-7-6-13(21-14)10-8-9(15(17,18)19)4-5-11(10)16/h4-8,12,20H,3H2,1-2H3. The Labute approximate surface area is 119 Å². The Kier molecular flexibility index (Phi) is 4.37. The van der Waals surface area contributed by atoms with Crippen LogP contribution in [0, 0.1) is 5.82 Å². The van der Waals surface area contributed by atoms with Gasteiger partial charge in [-0.3, -0.25) is 0 Å². The summed E-state index contributed by atoms with van der Waals surface area (Å²) in [7, 11) is 1.75. The van der Waals surface area contributed by atoms with Crippen LogP contribution in [0.1, 0.15) is 30.7 Å². The highest BCUT2D eigenvalue weighted by Gasteiger charge is 2.31. The van der Waals surface area contributed by atoms with E-state index in [1.54, 1.807) is 13.1 Å². The van der Waals surface area contributed by atoms with Crippen LogP contribution < -0.4 is 5.32 Å². The van der Waals surface area contributed by atoms with E-state index in [9.17, 15) is 17.6 Å². The Morgan fingerprint density at radius 2 is 1.90 bits per heavy atom. The fraction of sp³-hybridized carbons (Fsp3) is 0.333. The Morgan fingerprint density at radius 3 is 2.48 bits per heavy atom. The summed E-state index contributed by atoms with van der Waals surface area (Å²) in [5, 5.41) is 3.02. The first-order valence-corrected chi connectivity index (χ1v) is 6.51. The lowest BCUT2D eigenvalue weighted by atomic mass is 10.1. The molecule has 0 aliphatic carbocycles. The van der Waals surface area contributed by atoms with Crippen molar-refractivity contribution in [3.63, 3.8) is 0 Å². The van der Waals surface area contributed by atoms with Crippen LogP contribution in [0.25, 0.3) is 11.3 Å². The number of alkyl halides is 3. The van der Waals surface area contributed by atoms with E-state index >= 15 is 0 Å². The lowest BCUT2D eigenvalue weighted by Gasteiger charge is -2.11. The predicted molar refractivity (Wildman–Crippen MR) is 71.2 cm³/mol. The number of nitrogens with one attached hydrogen (secondary N) is 1. The maximum atomic E-state index is 13.8. The van der Waals surface area contributed by atoms with Gasteiger partial charge in [0.05, 0.1) is 17.2 Å². The Balaban J connectivity index is 2.42. The van der Waals surface area contributed by atoms with Crippen LogP contribution >= 0.6 is 0 Å². The second kappa shape index (κ2) is 5.89. The molecule has 0 aliphatic rings. The lowest BCUT2D eigenvalue weighted by molar-refractivity contribution is -0.137. The first kappa shape index (κ1) is 15.6. The molecule has 1 aromatic carbocycles. The maximum absolute atomic E-state index is 13.8. The molecule has 0 saturated carbocycles. The second-order valence-electron chi connectivity index (χ2n) is 4.64. The lowest BCUT2D eigenvalue weighted by Crippen LogP contribution is -2.14. The molecule has 0 aliphatic heterocycles. The van der Waals surface area contributed by atoms with Crippen molar-refractivity contribution in [2.24, 2.45) is 0 Å². The Hall–Kier alpha value is -1.82. The molecule has 114 valence electrons. The topological polar surface area (TPSA) is 25.2 Å². The third-order valence-electron chi connectivity index (χ3n) is 3.29. The highest BCUT2D eigenvalue weighted by atomic mass is 19.4. The van der Waals surface area contributed by atoms with Crippen molar-refractivity contribution in [2.45, 2.75) is 25.6 Å². The normalized spacial score (nSPS) is 13.4. The molecule has 1 atom stereocenters. The molecule has 0 fully saturated rings. The number of benzene rings is 1. The van der Waals surface area contributed by atoms with E-state index in [-0.39, 0.29) is 17.4 Å². The van der Waals surface area contributed by atoms with Crippen molar-refractivity contribution >= 4 is 0 Å². The molecule has 0 amide bonds. The molecule has 2 nitrogen and oxygen atoms in total. The first-order chi connectivity index (χ1) is 9.86. The van der Waals surface area contributed by atoms with Gasteiger partial charge in [-0.2, -0.15) is 13.2 Å². The smallest absolute Gasteiger partial charge is 0.416 e. The monoisotopic (exact) mass is 301 g/mol. The zero-order chi connectivity index (χ0) is 15.6. The van der Waals surface area contributed by atoms with Gasteiger partial charge in [-0.05, 0) is 43.8 Å². The number of hydrogen-bond donors (Lipinski definition) is 1. The number of hydrogen-bond acceptors (Lipinski definition) is 2. The fourth-order valence-electron chi connectivity index (χ4n) is 2.12. The van der Waals surface area contributed by atoms with E-state index in [2.05, 4.69) is 5.32 Å². The number of rotatable bonds is 4. The fourth-order valence-corrected chi connectivity index (χ4v) is 2.12. The van der Waals surface area contributed by atoms with E-state index in [1.807, 2.05) is 6.92 Å². The summed E-state index contributed by atoms with van der Waals surface area (Å²) in [5.74, 6) is -0.101. The summed E-state index contributed by atoms with van der Waals surface area (Å²) < 4.78 is 57.4. The Bertz CT molecular complexity index is 614. The van der Waals surface area contributed by atoms with Crippen LogP contribution in [0.15, 0.2) is 34.7 Å². The molecule has 0 spiro atoms. The summed E-state index contributed by atoms with van der Waals surface area (Å²) >= 11 is 0. The zero-order valence-corrected chi connectivity index (χ0v) is 11.6. The van der Waals surface area contributed by atoms with Gasteiger partial charge in [0.25, 0.3) is 0 Å². The first-order valence-electron chi connectivity index (χ1n) is 6.51. The largest absolute Gasteiger partial charge is 0.459 e. The van der Waals surface area contributed by atoms with E-state index in [4.69, 9.17) is 4.42 Å². The van der Waals surface area contributed by atoms with Crippen LogP contribution in [-0.4, -0.2) is 7.05 Å². The molecule has 1 unspecified atom stereocenters. The van der Waals surface area contributed by atoms with Crippen molar-refractivity contribution in [3.05, 3.63) is 47.5 Å². The summed E-state index contributed by atoms with van der Waals surface area (Å²) in [4.78, 5) is 0. The molecule has 1 N–H and O–H groups in total. The predicted octanol–water partition coefficient (Wildman–Crippen LogP) is 4.78. The highest BCUT2D eigenvalue weighted by Crippen LogP contribution is 2.34. The molecular weight excluding hydrogens is 286 g/mol. The van der Waals surface area contributed by atoms with Crippen LogP contribution in [0.5, 0.6) is 0 Å². The summed E-state index contributed by atoms with van der Waals surface area (Å²) in [5.41, 5.74) is -1.10. The molecular formula is C15H15F4NO. The van der Waals surface area contributed by atoms with Crippen LogP contribution in [0.4, 0.5) is 17.6 Å². The van der Waals surface area contributed by atoms with Gasteiger partial charge in [0.2, 0.25) is 0 Å². The molecule has 0 bridgehead atoms. The molecule has 2 aromatic rings. The quantitative estimate of drug-likeness (QED) is 0.822. The van der Waals surface area contributed by atoms with Crippen molar-refractivity contribution in [1.29, 1.82) is 0 Å². The average molecular weight is 301 g/mol. The number of halogens is 4. The van der Waals surface area contributed by atoms with E-state index in [0.717, 1.165) is 18.6 Å². The molecule has 0 radical (unpaired) electrons. The summed E-state index contributed by atoms with van der Waals surface area (Å²) in [6.45, 7) is 1.94. The van der Waals surface area contributed by atoms with Crippen LogP contribution in [0.2, 0.25) is 0 Å². The SMILES string of the molecule is CCC(NC)c1ccc(-c2cc(C(F)(F)F)ccc2F)o1. The van der Waals surface area contributed by atoms with Crippen molar-refractivity contribution < 1.29 is 22.0 Å². The molecule has 21 heavy (non-hydrogen) atoms. The average Bonchev–Trinajstić information content (AvgIpc) is 2.89. The second-order valence-corrected chi connectivity index (χ2v) is 4.64. The minimum absolute atomic E-state index is 0.0624. The molecule has 6 heteroatoms. The number of furan rings is 1. The molecule has 1 aromatic heterocycles. The van der Waals surface area contributed by atoms with Crippen molar-refractivity contribution in [2.75, 3.05) is 7.05 Å². The van der Waals surface area contributed by atoms with Gasteiger partial charge in [0, 0.05) is 0 Å². The Morgan fingerprint density at radius 1 is 1.19 bits per heavy atom. The summed E-state index contributed by atoms with van der Waals surface area (Å²) in [6, 6.07) is 5.33. The minimum Gasteiger partial charge on any atom is -0.459 e. The molecule has 0 saturated heterocycles.